The Bertz CT molecular complexity index is 804. The van der Waals surface area contributed by atoms with E-state index in [4.69, 9.17) is 4.74 Å². The Morgan fingerprint density at radius 1 is 1.24 bits per heavy atom. The fourth-order valence-corrected chi connectivity index (χ4v) is 4.82. The van der Waals surface area contributed by atoms with Crippen molar-refractivity contribution in [1.82, 2.24) is 5.32 Å². The summed E-state index contributed by atoms with van der Waals surface area (Å²) >= 11 is 0. The third-order valence-corrected chi connectivity index (χ3v) is 5.94. The van der Waals surface area contributed by atoms with E-state index in [2.05, 4.69) is 28.4 Å². The highest BCUT2D eigenvalue weighted by molar-refractivity contribution is 5.79. The Morgan fingerprint density at radius 2 is 2.16 bits per heavy atom. The van der Waals surface area contributed by atoms with Crippen molar-refractivity contribution in [2.24, 2.45) is 0 Å². The lowest BCUT2D eigenvalue weighted by Crippen LogP contribution is -2.44. The topological polar surface area (TPSA) is 44.7 Å². The molecule has 2 aromatic rings. The van der Waals surface area contributed by atoms with Gasteiger partial charge in [-0.25, -0.2) is 0 Å². The third kappa shape index (κ3) is 2.35. The lowest BCUT2D eigenvalue weighted by Gasteiger charge is -2.33. The summed E-state index contributed by atoms with van der Waals surface area (Å²) in [6.45, 7) is 4.07. The van der Waals surface area contributed by atoms with Crippen molar-refractivity contribution < 1.29 is 9.84 Å². The molecular weight excluding hydrogens is 312 g/mol. The van der Waals surface area contributed by atoms with Gasteiger partial charge in [-0.05, 0) is 53.8 Å². The number of benzene rings is 2. The second kappa shape index (κ2) is 6.04. The van der Waals surface area contributed by atoms with Gasteiger partial charge in [0.2, 0.25) is 0 Å². The fourth-order valence-electron chi connectivity index (χ4n) is 4.82. The standard InChI is InChI=1S/C21H24N2O2/c24-13-14-4-1-2-5-16(14)15-10-17-18-12-22-7-6-19(18)23-8-3-9-25-20(11-15)21(17)23/h1-2,4-5,10-11,18-19,22,24H,3,6-9,12-13H2/t18-,19-/m0/s1. The molecule has 5 rings (SSSR count). The van der Waals surface area contributed by atoms with Crippen LogP contribution in [0.3, 0.4) is 0 Å². The molecule has 1 fully saturated rings. The van der Waals surface area contributed by atoms with Crippen LogP contribution in [0.15, 0.2) is 36.4 Å². The molecular formula is C21H24N2O2. The van der Waals surface area contributed by atoms with Gasteiger partial charge in [0.1, 0.15) is 5.75 Å². The molecule has 0 unspecified atom stereocenters. The first kappa shape index (κ1) is 15.2. The molecule has 0 radical (unpaired) electrons. The molecule has 0 spiro atoms. The van der Waals surface area contributed by atoms with Crippen molar-refractivity contribution in [2.75, 3.05) is 31.1 Å². The second-order valence-corrected chi connectivity index (χ2v) is 7.29. The number of nitrogens with one attached hydrogen (secondary N) is 1. The summed E-state index contributed by atoms with van der Waals surface area (Å²) in [5.74, 6) is 1.55. The van der Waals surface area contributed by atoms with Crippen LogP contribution in [0.25, 0.3) is 11.1 Å². The van der Waals surface area contributed by atoms with Gasteiger partial charge in [-0.2, -0.15) is 0 Å². The van der Waals surface area contributed by atoms with E-state index in [0.29, 0.717) is 12.0 Å². The molecule has 2 atom stereocenters. The van der Waals surface area contributed by atoms with Crippen LogP contribution in [0.5, 0.6) is 5.75 Å². The van der Waals surface area contributed by atoms with Gasteiger partial charge in [0.15, 0.2) is 0 Å². The minimum absolute atomic E-state index is 0.0587. The molecule has 3 aliphatic rings. The summed E-state index contributed by atoms with van der Waals surface area (Å²) in [4.78, 5) is 2.60. The van der Waals surface area contributed by atoms with E-state index in [1.807, 2.05) is 18.2 Å². The number of nitrogens with zero attached hydrogens (tertiary/aromatic N) is 1. The van der Waals surface area contributed by atoms with E-state index >= 15 is 0 Å². The van der Waals surface area contributed by atoms with E-state index in [1.54, 1.807) is 0 Å². The van der Waals surface area contributed by atoms with Crippen LogP contribution in [0.1, 0.15) is 29.9 Å². The fraction of sp³-hybridized carbons (Fsp3) is 0.429. The van der Waals surface area contributed by atoms with Gasteiger partial charge in [-0.3, -0.25) is 0 Å². The van der Waals surface area contributed by atoms with Gasteiger partial charge in [-0.15, -0.1) is 0 Å². The molecule has 0 aliphatic carbocycles. The number of hydrogen-bond acceptors (Lipinski definition) is 4. The summed E-state index contributed by atoms with van der Waals surface area (Å²) < 4.78 is 6.16. The molecule has 130 valence electrons. The number of aliphatic hydroxyl groups excluding tert-OH is 1. The van der Waals surface area contributed by atoms with Crippen LogP contribution in [0.2, 0.25) is 0 Å². The Balaban J connectivity index is 1.69. The van der Waals surface area contributed by atoms with Crippen LogP contribution in [-0.4, -0.2) is 37.4 Å². The van der Waals surface area contributed by atoms with Crippen LogP contribution >= 0.6 is 0 Å². The quantitative estimate of drug-likeness (QED) is 0.885. The molecule has 3 aliphatic heterocycles. The van der Waals surface area contributed by atoms with Gasteiger partial charge in [0.25, 0.3) is 0 Å². The number of anilines is 1. The van der Waals surface area contributed by atoms with E-state index in [1.165, 1.54) is 17.7 Å². The largest absolute Gasteiger partial charge is 0.491 e. The van der Waals surface area contributed by atoms with Crippen molar-refractivity contribution in [2.45, 2.75) is 31.4 Å². The number of aliphatic hydroxyl groups is 1. The maximum absolute atomic E-state index is 9.74. The highest BCUT2D eigenvalue weighted by atomic mass is 16.5. The van der Waals surface area contributed by atoms with Crippen LogP contribution in [0.4, 0.5) is 5.69 Å². The first-order chi connectivity index (χ1) is 12.4. The molecule has 0 aromatic heterocycles. The highest BCUT2D eigenvalue weighted by Gasteiger charge is 2.42. The molecule has 2 aromatic carbocycles. The third-order valence-electron chi connectivity index (χ3n) is 5.94. The summed E-state index contributed by atoms with van der Waals surface area (Å²) in [6, 6.07) is 13.2. The number of piperidine rings is 1. The highest BCUT2D eigenvalue weighted by Crippen LogP contribution is 2.51. The number of hydrogen-bond donors (Lipinski definition) is 2. The van der Waals surface area contributed by atoms with Crippen molar-refractivity contribution >= 4 is 5.69 Å². The maximum atomic E-state index is 9.74. The minimum Gasteiger partial charge on any atom is -0.491 e. The van der Waals surface area contributed by atoms with E-state index < -0.39 is 0 Å². The molecule has 25 heavy (non-hydrogen) atoms. The average Bonchev–Trinajstić information content (AvgIpc) is 2.83. The first-order valence-electron chi connectivity index (χ1n) is 9.34. The van der Waals surface area contributed by atoms with Crippen molar-refractivity contribution in [1.29, 1.82) is 0 Å². The summed E-state index contributed by atoms with van der Waals surface area (Å²) in [7, 11) is 0. The first-order valence-corrected chi connectivity index (χ1v) is 9.34. The maximum Gasteiger partial charge on any atom is 0.143 e. The lowest BCUT2D eigenvalue weighted by atomic mass is 9.88. The van der Waals surface area contributed by atoms with Crippen molar-refractivity contribution in [3.8, 4) is 16.9 Å². The number of rotatable bonds is 2. The van der Waals surface area contributed by atoms with Crippen LogP contribution < -0.4 is 15.0 Å². The van der Waals surface area contributed by atoms with Crippen molar-refractivity contribution in [3.05, 3.63) is 47.5 Å². The monoisotopic (exact) mass is 336 g/mol. The van der Waals surface area contributed by atoms with Gasteiger partial charge in [0.05, 0.1) is 18.9 Å². The second-order valence-electron chi connectivity index (χ2n) is 7.29. The Morgan fingerprint density at radius 3 is 3.08 bits per heavy atom. The molecule has 1 saturated heterocycles. The van der Waals surface area contributed by atoms with Gasteiger partial charge in [0, 0.05) is 25.0 Å². The molecule has 3 heterocycles. The molecule has 4 heteroatoms. The average molecular weight is 336 g/mol. The number of fused-ring (bicyclic) bond motifs is 3. The predicted molar refractivity (Wildman–Crippen MR) is 99.3 cm³/mol. The van der Waals surface area contributed by atoms with Crippen LogP contribution in [0, 0.1) is 0 Å². The van der Waals surface area contributed by atoms with Crippen LogP contribution in [-0.2, 0) is 6.61 Å². The smallest absolute Gasteiger partial charge is 0.143 e. The summed E-state index contributed by atoms with van der Waals surface area (Å²) in [5, 5.41) is 13.3. The molecule has 0 bridgehead atoms. The SMILES string of the molecule is OCc1ccccc1-c1cc2c3c(c1)[C@@H]1CNCC[C@@H]1N3CCCO2. The van der Waals surface area contributed by atoms with Crippen molar-refractivity contribution in [3.63, 3.8) is 0 Å². The Hall–Kier alpha value is -2.04. The molecule has 2 N–H and O–H groups in total. The molecule has 0 saturated carbocycles. The Kier molecular flexibility index (Phi) is 3.68. The van der Waals surface area contributed by atoms with E-state index in [0.717, 1.165) is 55.1 Å². The number of ether oxygens (including phenoxy) is 1. The zero-order chi connectivity index (χ0) is 16.8. The predicted octanol–water partition coefficient (Wildman–Crippen LogP) is 2.89. The summed E-state index contributed by atoms with van der Waals surface area (Å²) in [6.07, 6.45) is 2.27. The van der Waals surface area contributed by atoms with Gasteiger partial charge in [-0.1, -0.05) is 24.3 Å². The summed E-state index contributed by atoms with van der Waals surface area (Å²) in [5.41, 5.74) is 5.97. The minimum atomic E-state index is 0.0587. The van der Waals surface area contributed by atoms with Gasteiger partial charge < -0.3 is 20.1 Å². The Labute approximate surface area is 148 Å². The van der Waals surface area contributed by atoms with Gasteiger partial charge >= 0.3 is 0 Å². The van der Waals surface area contributed by atoms with E-state index in [-0.39, 0.29) is 6.61 Å². The zero-order valence-corrected chi connectivity index (χ0v) is 14.4. The van der Waals surface area contributed by atoms with E-state index in [9.17, 15) is 5.11 Å². The molecule has 0 amide bonds. The lowest BCUT2D eigenvalue weighted by molar-refractivity contribution is 0.282. The zero-order valence-electron chi connectivity index (χ0n) is 14.4. The normalized spacial score (nSPS) is 24.3. The molecule has 4 nitrogen and oxygen atoms in total.